The Morgan fingerprint density at radius 1 is 1.22 bits per heavy atom. The van der Waals surface area contributed by atoms with Crippen molar-refractivity contribution in [1.82, 2.24) is 10.2 Å². The third-order valence-corrected chi connectivity index (χ3v) is 5.20. The van der Waals surface area contributed by atoms with E-state index in [0.29, 0.717) is 5.13 Å². The number of hydrogen-bond acceptors (Lipinski definition) is 5. The molecule has 0 radical (unpaired) electrons. The summed E-state index contributed by atoms with van der Waals surface area (Å²) in [6.07, 6.45) is 5.40. The van der Waals surface area contributed by atoms with Crippen molar-refractivity contribution in [3.63, 3.8) is 0 Å². The number of amides is 1. The van der Waals surface area contributed by atoms with E-state index in [4.69, 9.17) is 5.73 Å². The number of anilines is 1. The molecule has 122 valence electrons. The Balaban J connectivity index is 1.62. The number of rotatable bonds is 4. The van der Waals surface area contributed by atoms with Crippen molar-refractivity contribution in [2.75, 3.05) is 5.32 Å². The van der Waals surface area contributed by atoms with Gasteiger partial charge in [-0.05, 0) is 25.3 Å². The fourth-order valence-electron chi connectivity index (χ4n) is 2.89. The number of carbonyl (C=O) groups is 1. The van der Waals surface area contributed by atoms with Crippen LogP contribution in [0, 0.1) is 6.92 Å². The summed E-state index contributed by atoms with van der Waals surface area (Å²) < 4.78 is 0. The van der Waals surface area contributed by atoms with Crippen LogP contribution in [0.15, 0.2) is 24.3 Å². The maximum Gasteiger partial charge on any atom is 0.246 e. The number of aromatic nitrogens is 2. The van der Waals surface area contributed by atoms with Gasteiger partial charge in [-0.15, -0.1) is 10.2 Å². The SMILES string of the molecule is Cc1ccc(Cc2nnc(NC(=O)C3(N)CCCCC3)s2)cc1. The molecule has 1 amide bonds. The standard InChI is InChI=1S/C17H22N4OS/c1-12-5-7-13(8-6-12)11-14-20-21-16(23-14)19-15(22)17(18)9-3-2-4-10-17/h5-8H,2-4,9-11,18H2,1H3,(H,19,21,22). The highest BCUT2D eigenvalue weighted by molar-refractivity contribution is 7.15. The Morgan fingerprint density at radius 2 is 1.91 bits per heavy atom. The van der Waals surface area contributed by atoms with Gasteiger partial charge in [-0.25, -0.2) is 0 Å². The lowest BCUT2D eigenvalue weighted by atomic mass is 9.82. The zero-order valence-corrected chi connectivity index (χ0v) is 14.2. The monoisotopic (exact) mass is 330 g/mol. The first-order valence-corrected chi connectivity index (χ1v) is 8.85. The first kappa shape index (κ1) is 16.1. The molecule has 3 N–H and O–H groups in total. The molecule has 1 aliphatic carbocycles. The van der Waals surface area contributed by atoms with E-state index in [1.165, 1.54) is 22.5 Å². The Bertz CT molecular complexity index is 674. The summed E-state index contributed by atoms with van der Waals surface area (Å²) in [5, 5.41) is 12.5. The molecule has 0 bridgehead atoms. The van der Waals surface area contributed by atoms with E-state index in [1.807, 2.05) is 0 Å². The molecule has 5 nitrogen and oxygen atoms in total. The third-order valence-electron chi connectivity index (χ3n) is 4.36. The fraction of sp³-hybridized carbons (Fsp3) is 0.471. The van der Waals surface area contributed by atoms with E-state index in [-0.39, 0.29) is 5.91 Å². The molecule has 1 aromatic carbocycles. The van der Waals surface area contributed by atoms with Gasteiger partial charge in [0.25, 0.3) is 0 Å². The molecule has 2 aromatic rings. The van der Waals surface area contributed by atoms with Crippen molar-refractivity contribution in [1.29, 1.82) is 0 Å². The minimum atomic E-state index is -0.749. The smallest absolute Gasteiger partial charge is 0.246 e. The van der Waals surface area contributed by atoms with Crippen LogP contribution in [0.3, 0.4) is 0 Å². The van der Waals surface area contributed by atoms with Gasteiger partial charge in [0.1, 0.15) is 5.01 Å². The van der Waals surface area contributed by atoms with Gasteiger partial charge < -0.3 is 5.73 Å². The highest BCUT2D eigenvalue weighted by Crippen LogP contribution is 2.28. The molecule has 0 atom stereocenters. The maximum absolute atomic E-state index is 12.4. The Labute approximate surface area is 140 Å². The van der Waals surface area contributed by atoms with Crippen LogP contribution in [-0.4, -0.2) is 21.6 Å². The summed E-state index contributed by atoms with van der Waals surface area (Å²) in [7, 11) is 0. The average molecular weight is 330 g/mol. The topological polar surface area (TPSA) is 80.9 Å². The minimum absolute atomic E-state index is 0.129. The molecule has 1 aromatic heterocycles. The molecule has 6 heteroatoms. The zero-order chi connectivity index (χ0) is 16.3. The lowest BCUT2D eigenvalue weighted by Gasteiger charge is -2.31. The van der Waals surface area contributed by atoms with Crippen molar-refractivity contribution < 1.29 is 4.79 Å². The number of aryl methyl sites for hydroxylation is 1. The van der Waals surface area contributed by atoms with Crippen LogP contribution >= 0.6 is 11.3 Å². The third kappa shape index (κ3) is 3.95. The number of carbonyl (C=O) groups excluding carboxylic acids is 1. The van der Waals surface area contributed by atoms with E-state index in [0.717, 1.165) is 43.5 Å². The van der Waals surface area contributed by atoms with Crippen molar-refractivity contribution in [2.45, 2.75) is 51.0 Å². The predicted molar refractivity (Wildman–Crippen MR) is 92.5 cm³/mol. The Kier molecular flexibility index (Phi) is 4.73. The summed E-state index contributed by atoms with van der Waals surface area (Å²) in [5.74, 6) is -0.129. The van der Waals surface area contributed by atoms with E-state index < -0.39 is 5.54 Å². The van der Waals surface area contributed by atoms with Gasteiger partial charge in [-0.2, -0.15) is 0 Å². The summed E-state index contributed by atoms with van der Waals surface area (Å²) in [6, 6.07) is 8.35. The van der Waals surface area contributed by atoms with E-state index in [2.05, 4.69) is 46.7 Å². The summed E-state index contributed by atoms with van der Waals surface area (Å²) in [4.78, 5) is 12.4. The summed E-state index contributed by atoms with van der Waals surface area (Å²) >= 11 is 1.41. The molecular formula is C17H22N4OS. The van der Waals surface area contributed by atoms with E-state index in [9.17, 15) is 4.79 Å². The van der Waals surface area contributed by atoms with Crippen LogP contribution < -0.4 is 11.1 Å². The molecule has 1 fully saturated rings. The largest absolute Gasteiger partial charge is 0.317 e. The molecule has 0 aliphatic heterocycles. The van der Waals surface area contributed by atoms with Gasteiger partial charge >= 0.3 is 0 Å². The second kappa shape index (κ2) is 6.76. The van der Waals surface area contributed by atoms with Crippen LogP contribution in [0.25, 0.3) is 0 Å². The summed E-state index contributed by atoms with van der Waals surface area (Å²) in [5.41, 5.74) is 7.91. The number of hydrogen-bond donors (Lipinski definition) is 2. The van der Waals surface area contributed by atoms with Crippen molar-refractivity contribution >= 4 is 22.4 Å². The summed E-state index contributed by atoms with van der Waals surface area (Å²) in [6.45, 7) is 2.07. The molecule has 0 spiro atoms. The number of benzene rings is 1. The fourth-order valence-corrected chi connectivity index (χ4v) is 3.66. The van der Waals surface area contributed by atoms with Crippen molar-refractivity contribution in [3.05, 3.63) is 40.4 Å². The first-order chi connectivity index (χ1) is 11.0. The average Bonchev–Trinajstić information content (AvgIpc) is 2.97. The van der Waals surface area contributed by atoms with Gasteiger partial charge in [0.05, 0.1) is 5.54 Å². The zero-order valence-electron chi connectivity index (χ0n) is 13.3. The highest BCUT2D eigenvalue weighted by Gasteiger charge is 2.35. The molecule has 1 saturated carbocycles. The molecule has 1 aliphatic rings. The van der Waals surface area contributed by atoms with Gasteiger partial charge in [0.2, 0.25) is 11.0 Å². The van der Waals surface area contributed by atoms with Gasteiger partial charge in [0.15, 0.2) is 0 Å². The Hall–Kier alpha value is -1.79. The number of nitrogens with zero attached hydrogens (tertiary/aromatic N) is 2. The van der Waals surface area contributed by atoms with Gasteiger partial charge in [0, 0.05) is 6.42 Å². The molecular weight excluding hydrogens is 308 g/mol. The van der Waals surface area contributed by atoms with Crippen LogP contribution in [0.5, 0.6) is 0 Å². The predicted octanol–water partition coefficient (Wildman–Crippen LogP) is 3.04. The molecule has 1 heterocycles. The van der Waals surface area contributed by atoms with Crippen LogP contribution in [0.1, 0.15) is 48.2 Å². The lowest BCUT2D eigenvalue weighted by Crippen LogP contribution is -2.52. The van der Waals surface area contributed by atoms with Crippen LogP contribution in [0.4, 0.5) is 5.13 Å². The van der Waals surface area contributed by atoms with Gasteiger partial charge in [-0.1, -0.05) is 60.4 Å². The van der Waals surface area contributed by atoms with Crippen LogP contribution in [-0.2, 0) is 11.2 Å². The molecule has 0 unspecified atom stereocenters. The van der Waals surface area contributed by atoms with Crippen molar-refractivity contribution in [2.24, 2.45) is 5.73 Å². The molecule has 0 saturated heterocycles. The Morgan fingerprint density at radius 3 is 2.61 bits per heavy atom. The molecule has 23 heavy (non-hydrogen) atoms. The molecule has 3 rings (SSSR count). The highest BCUT2D eigenvalue weighted by atomic mass is 32.1. The second-order valence-corrected chi connectivity index (χ2v) is 7.40. The minimum Gasteiger partial charge on any atom is -0.317 e. The maximum atomic E-state index is 12.4. The number of nitrogens with two attached hydrogens (primary N) is 1. The van der Waals surface area contributed by atoms with E-state index >= 15 is 0 Å². The number of nitrogens with one attached hydrogen (secondary N) is 1. The van der Waals surface area contributed by atoms with Crippen molar-refractivity contribution in [3.8, 4) is 0 Å². The van der Waals surface area contributed by atoms with E-state index in [1.54, 1.807) is 0 Å². The van der Waals surface area contributed by atoms with Gasteiger partial charge in [-0.3, -0.25) is 10.1 Å². The first-order valence-electron chi connectivity index (χ1n) is 8.03. The quantitative estimate of drug-likeness (QED) is 0.903. The lowest BCUT2D eigenvalue weighted by molar-refractivity contribution is -0.122. The second-order valence-electron chi connectivity index (χ2n) is 6.33. The van der Waals surface area contributed by atoms with Crippen LogP contribution in [0.2, 0.25) is 0 Å². The normalized spacial score (nSPS) is 17.0.